The Balaban J connectivity index is 1.39. The summed E-state index contributed by atoms with van der Waals surface area (Å²) in [4.78, 5) is 0. The van der Waals surface area contributed by atoms with Gasteiger partial charge in [0.15, 0.2) is 12.6 Å². The van der Waals surface area contributed by atoms with Crippen LogP contribution in [0, 0.1) is 46.3 Å². The van der Waals surface area contributed by atoms with Crippen molar-refractivity contribution in [3.8, 4) is 0 Å². The molecule has 4 aliphatic carbocycles. The van der Waals surface area contributed by atoms with E-state index in [0.29, 0.717) is 31.1 Å². The lowest BCUT2D eigenvalue weighted by Gasteiger charge is -2.58. The number of methoxy groups -OCH3 is 1. The summed E-state index contributed by atoms with van der Waals surface area (Å²) in [6, 6.07) is 0. The molecule has 0 radical (unpaired) electrons. The average molecular weight is 785 g/mol. The first kappa shape index (κ1) is 43.8. The van der Waals surface area contributed by atoms with E-state index in [4.69, 9.17) is 23.7 Å². The molecule has 3 saturated carbocycles. The van der Waals surface area contributed by atoms with Crippen LogP contribution >= 0.6 is 0 Å². The zero-order valence-corrected chi connectivity index (χ0v) is 34.1. The second-order valence-corrected chi connectivity index (χ2v) is 19.0. The number of aliphatic hydroxyl groups excluding tert-OH is 8. The summed E-state index contributed by atoms with van der Waals surface area (Å²) in [5, 5.41) is 85.7. The first-order chi connectivity index (χ1) is 26.0. The summed E-state index contributed by atoms with van der Waals surface area (Å²) in [7, 11) is 1.44. The monoisotopic (exact) mass is 784 g/mol. The molecule has 6 rings (SSSR count). The zero-order chi connectivity index (χ0) is 40.1. The predicted molar refractivity (Wildman–Crippen MR) is 201 cm³/mol. The van der Waals surface area contributed by atoms with Gasteiger partial charge in [0.05, 0.1) is 31.5 Å². The van der Waals surface area contributed by atoms with Crippen LogP contribution in [0.3, 0.4) is 0 Å². The lowest BCUT2D eigenvalue weighted by atomic mass is 9.48. The Hall–Kier alpha value is -0.780. The van der Waals surface area contributed by atoms with Gasteiger partial charge in [0, 0.05) is 7.11 Å². The van der Waals surface area contributed by atoms with E-state index < -0.39 is 86.3 Å². The van der Waals surface area contributed by atoms with E-state index in [-0.39, 0.29) is 41.1 Å². The molecule has 13 nitrogen and oxygen atoms in total. The summed E-state index contributed by atoms with van der Waals surface area (Å²) >= 11 is 0. The highest BCUT2D eigenvalue weighted by Gasteiger charge is 2.62. The molecule has 5 fully saturated rings. The molecule has 0 bridgehead atoms. The van der Waals surface area contributed by atoms with Crippen molar-refractivity contribution in [1.29, 1.82) is 0 Å². The first-order valence-corrected chi connectivity index (χ1v) is 21.2. The molecule has 0 spiro atoms. The number of hydrogen-bond donors (Lipinski definition) is 8. The highest BCUT2D eigenvalue weighted by molar-refractivity contribution is 5.39. The van der Waals surface area contributed by atoms with E-state index in [1.807, 2.05) is 0 Å². The molecule has 13 heteroatoms. The minimum Gasteiger partial charge on any atom is -0.394 e. The van der Waals surface area contributed by atoms with Crippen molar-refractivity contribution in [2.24, 2.45) is 46.3 Å². The van der Waals surface area contributed by atoms with Crippen LogP contribution in [0.5, 0.6) is 0 Å². The largest absolute Gasteiger partial charge is 0.394 e. The van der Waals surface area contributed by atoms with Crippen molar-refractivity contribution in [3.63, 3.8) is 0 Å². The minimum absolute atomic E-state index is 0.0125. The molecule has 2 heterocycles. The van der Waals surface area contributed by atoms with Gasteiger partial charge < -0.3 is 64.5 Å². The average Bonchev–Trinajstić information content (AvgIpc) is 3.71. The molecule has 55 heavy (non-hydrogen) atoms. The van der Waals surface area contributed by atoms with Gasteiger partial charge in [-0.15, -0.1) is 0 Å². The summed E-state index contributed by atoms with van der Waals surface area (Å²) < 4.78 is 30.7. The van der Waals surface area contributed by atoms with E-state index in [1.165, 1.54) is 18.3 Å². The lowest BCUT2D eigenvalue weighted by molar-refractivity contribution is -0.214. The van der Waals surface area contributed by atoms with Gasteiger partial charge in [-0.25, -0.2) is 0 Å². The van der Waals surface area contributed by atoms with E-state index in [2.05, 4.69) is 41.5 Å². The van der Waals surface area contributed by atoms with Crippen molar-refractivity contribution in [2.75, 3.05) is 20.3 Å². The van der Waals surface area contributed by atoms with Crippen LogP contribution in [0.2, 0.25) is 0 Å². The van der Waals surface area contributed by atoms with Crippen LogP contribution in [0.25, 0.3) is 0 Å². The fraction of sp³-hybridized carbons (Fsp3) is 0.952. The van der Waals surface area contributed by atoms with Gasteiger partial charge in [-0.1, -0.05) is 60.0 Å². The summed E-state index contributed by atoms with van der Waals surface area (Å²) in [6.45, 7) is 13.1. The SMILES string of the molecule is CC[C@H](CC[C@@H](C)[C@H]1[C@H](O[C@@H]2O[C@@H]([C@H](O)CO)[C@H](O)[C@H]2O)CC2=C3[C@@H](O[C@@H]4O[C@@H]([C@H](O)COC)[C@H](O)[C@H]4O)C[C@H]4C[C@H](O)CC[C@]4(C)[C@H]3CC[C@@]21C)C(C)C. The molecule has 318 valence electrons. The predicted octanol–water partition coefficient (Wildman–Crippen LogP) is 2.41. The Morgan fingerprint density at radius 1 is 0.818 bits per heavy atom. The number of aliphatic hydroxyl groups is 8. The van der Waals surface area contributed by atoms with Crippen LogP contribution in [0.1, 0.15) is 106 Å². The molecule has 6 aliphatic rings. The highest BCUT2D eigenvalue weighted by Crippen LogP contribution is 2.67. The molecule has 2 saturated heterocycles. The topological polar surface area (TPSA) is 208 Å². The third-order valence-corrected chi connectivity index (χ3v) is 15.5. The Labute approximate surface area is 327 Å². The maximum Gasteiger partial charge on any atom is 0.187 e. The van der Waals surface area contributed by atoms with Crippen LogP contribution in [-0.2, 0) is 23.7 Å². The van der Waals surface area contributed by atoms with Gasteiger partial charge in [-0.3, -0.25) is 0 Å². The number of hydrogen-bond acceptors (Lipinski definition) is 13. The normalized spacial score (nSPS) is 46.7. The fourth-order valence-corrected chi connectivity index (χ4v) is 12.3. The first-order valence-electron chi connectivity index (χ1n) is 21.2. The van der Waals surface area contributed by atoms with Crippen molar-refractivity contribution in [2.45, 2.75) is 185 Å². The zero-order valence-electron chi connectivity index (χ0n) is 34.1. The molecule has 0 unspecified atom stereocenters. The molecule has 0 amide bonds. The van der Waals surface area contributed by atoms with Crippen molar-refractivity contribution < 1.29 is 64.5 Å². The van der Waals surface area contributed by atoms with Gasteiger partial charge in [0.25, 0.3) is 0 Å². The molecule has 0 aromatic carbocycles. The van der Waals surface area contributed by atoms with E-state index >= 15 is 0 Å². The van der Waals surface area contributed by atoms with E-state index in [1.54, 1.807) is 0 Å². The molecule has 8 N–H and O–H groups in total. The highest BCUT2D eigenvalue weighted by atomic mass is 16.7. The van der Waals surface area contributed by atoms with Crippen LogP contribution in [-0.4, -0.2) is 141 Å². The van der Waals surface area contributed by atoms with Crippen molar-refractivity contribution in [1.82, 2.24) is 0 Å². The van der Waals surface area contributed by atoms with Crippen molar-refractivity contribution in [3.05, 3.63) is 11.1 Å². The van der Waals surface area contributed by atoms with Crippen LogP contribution in [0.15, 0.2) is 11.1 Å². The van der Waals surface area contributed by atoms with Crippen LogP contribution in [0.4, 0.5) is 0 Å². The Morgan fingerprint density at radius 2 is 1.45 bits per heavy atom. The quantitative estimate of drug-likeness (QED) is 0.113. The van der Waals surface area contributed by atoms with Gasteiger partial charge >= 0.3 is 0 Å². The Bertz CT molecular complexity index is 1310. The third kappa shape index (κ3) is 8.11. The van der Waals surface area contributed by atoms with Crippen LogP contribution < -0.4 is 0 Å². The summed E-state index contributed by atoms with van der Waals surface area (Å²) in [5.74, 6) is 1.65. The second kappa shape index (κ2) is 17.4. The standard InChI is InChI=1S/C42H72O13/c1-8-22(20(2)3)10-9-21(4)32-30(53-40-35(49)33(47)37(54-40)27(45)18-43)17-26-31-25(12-14-42(26,32)6)41(5)13-11-24(44)15-23(41)16-29(31)52-39-36(50)34(48)38(55-39)28(46)19-51-7/h20-25,27-30,32-40,43-50H,8-19H2,1-7H3/t21-,22-,23-,24-,25+,27-,28-,29+,30-,32+,33-,34-,35-,36-,37+,38+,39-,40-,41+,42+/m1/s1. The molecule has 20 atom stereocenters. The van der Waals surface area contributed by atoms with Gasteiger partial charge in [0.2, 0.25) is 0 Å². The number of fused-ring (bicyclic) bond motifs is 4. The Kier molecular flexibility index (Phi) is 13.9. The molecular formula is C42H72O13. The summed E-state index contributed by atoms with van der Waals surface area (Å²) in [6.07, 6.45) is -5.82. The maximum atomic E-state index is 11.2. The van der Waals surface area contributed by atoms with Gasteiger partial charge in [0.1, 0.15) is 48.8 Å². The molecule has 0 aromatic rings. The fourth-order valence-electron chi connectivity index (χ4n) is 12.3. The number of rotatable bonds is 15. The van der Waals surface area contributed by atoms with Gasteiger partial charge in [-0.05, 0) is 103 Å². The van der Waals surface area contributed by atoms with Gasteiger partial charge in [-0.2, -0.15) is 0 Å². The van der Waals surface area contributed by atoms with E-state index in [9.17, 15) is 40.9 Å². The van der Waals surface area contributed by atoms with E-state index in [0.717, 1.165) is 44.9 Å². The summed E-state index contributed by atoms with van der Waals surface area (Å²) in [5.41, 5.74) is 1.99. The van der Waals surface area contributed by atoms with Crippen molar-refractivity contribution >= 4 is 0 Å². The molecule has 0 aromatic heterocycles. The maximum absolute atomic E-state index is 11.2. The minimum atomic E-state index is -1.43. The third-order valence-electron chi connectivity index (χ3n) is 15.5. The second-order valence-electron chi connectivity index (χ2n) is 19.0. The molecular weight excluding hydrogens is 712 g/mol. The molecule has 2 aliphatic heterocycles. The lowest BCUT2D eigenvalue weighted by Crippen LogP contribution is -2.53. The Morgan fingerprint density at radius 3 is 2.05 bits per heavy atom. The smallest absolute Gasteiger partial charge is 0.187 e. The number of ether oxygens (including phenoxy) is 5.